The summed E-state index contributed by atoms with van der Waals surface area (Å²) in [6.45, 7) is 5.40. The number of nitrogens with zero attached hydrogens (tertiary/aromatic N) is 2. The van der Waals surface area contributed by atoms with Crippen LogP contribution in [0.4, 0.5) is 11.4 Å². The lowest BCUT2D eigenvalue weighted by molar-refractivity contribution is -0.384. The Morgan fingerprint density at radius 1 is 1.52 bits per heavy atom. The second kappa shape index (κ2) is 7.38. The van der Waals surface area contributed by atoms with E-state index in [1.54, 1.807) is 19.2 Å². The number of hydrogen-bond donors (Lipinski definition) is 1. The zero-order chi connectivity index (χ0) is 15.2. The summed E-state index contributed by atoms with van der Waals surface area (Å²) >= 11 is 0. The van der Waals surface area contributed by atoms with E-state index in [9.17, 15) is 10.1 Å². The van der Waals surface area contributed by atoms with Crippen molar-refractivity contribution < 1.29 is 9.66 Å². The molecule has 0 saturated carbocycles. The van der Waals surface area contributed by atoms with Crippen molar-refractivity contribution in [2.75, 3.05) is 32.1 Å². The molecule has 1 aliphatic rings. The molecule has 0 amide bonds. The van der Waals surface area contributed by atoms with E-state index in [-0.39, 0.29) is 16.7 Å². The fourth-order valence-corrected chi connectivity index (χ4v) is 2.82. The van der Waals surface area contributed by atoms with Gasteiger partial charge in [-0.1, -0.05) is 6.07 Å². The summed E-state index contributed by atoms with van der Waals surface area (Å²) in [5, 5.41) is 14.0. The number of ether oxygens (including phenoxy) is 1. The summed E-state index contributed by atoms with van der Waals surface area (Å²) in [4.78, 5) is 13.1. The Morgan fingerprint density at radius 3 is 3.00 bits per heavy atom. The molecule has 6 nitrogen and oxygen atoms in total. The van der Waals surface area contributed by atoms with Gasteiger partial charge in [-0.25, -0.2) is 0 Å². The Bertz CT molecular complexity index is 491. The van der Waals surface area contributed by atoms with Crippen LogP contribution in [0.3, 0.4) is 0 Å². The molecule has 1 heterocycles. The van der Waals surface area contributed by atoms with Crippen LogP contribution in [0.5, 0.6) is 0 Å². The second-order valence-corrected chi connectivity index (χ2v) is 5.31. The van der Waals surface area contributed by atoms with Crippen molar-refractivity contribution in [2.24, 2.45) is 0 Å². The minimum absolute atomic E-state index is 0.133. The summed E-state index contributed by atoms with van der Waals surface area (Å²) in [5.74, 6) is 0. The topological polar surface area (TPSA) is 67.6 Å². The Labute approximate surface area is 125 Å². The lowest BCUT2D eigenvalue weighted by Crippen LogP contribution is -2.39. The highest BCUT2D eigenvalue weighted by Gasteiger charge is 2.21. The summed E-state index contributed by atoms with van der Waals surface area (Å²) in [6.07, 6.45) is 2.50. The van der Waals surface area contributed by atoms with E-state index in [1.807, 2.05) is 13.0 Å². The lowest BCUT2D eigenvalue weighted by Gasteiger charge is -2.32. The van der Waals surface area contributed by atoms with Crippen LogP contribution < -0.4 is 5.32 Å². The molecule has 2 rings (SSSR count). The number of benzene rings is 1. The van der Waals surface area contributed by atoms with Crippen LogP contribution in [0.2, 0.25) is 0 Å². The van der Waals surface area contributed by atoms with Gasteiger partial charge in [0, 0.05) is 32.8 Å². The number of hydrogen-bond acceptors (Lipinski definition) is 5. The number of anilines is 1. The first kappa shape index (κ1) is 15.7. The van der Waals surface area contributed by atoms with Gasteiger partial charge in [0.2, 0.25) is 0 Å². The van der Waals surface area contributed by atoms with Crippen molar-refractivity contribution >= 4 is 11.4 Å². The summed E-state index contributed by atoms with van der Waals surface area (Å²) < 4.78 is 5.69. The van der Waals surface area contributed by atoms with Gasteiger partial charge in [-0.2, -0.15) is 0 Å². The van der Waals surface area contributed by atoms with Crippen LogP contribution in [-0.2, 0) is 11.3 Å². The molecule has 0 aromatic heterocycles. The Morgan fingerprint density at radius 2 is 2.33 bits per heavy atom. The van der Waals surface area contributed by atoms with Gasteiger partial charge in [0.15, 0.2) is 0 Å². The molecule has 1 aliphatic heterocycles. The first-order valence-corrected chi connectivity index (χ1v) is 7.43. The molecule has 1 N–H and O–H groups in total. The van der Waals surface area contributed by atoms with Gasteiger partial charge in [0.1, 0.15) is 5.69 Å². The fraction of sp³-hybridized carbons (Fsp3) is 0.600. The van der Waals surface area contributed by atoms with Crippen molar-refractivity contribution in [3.63, 3.8) is 0 Å². The van der Waals surface area contributed by atoms with Crippen LogP contribution in [0, 0.1) is 10.1 Å². The molecular formula is C15H23N3O3. The van der Waals surface area contributed by atoms with Crippen molar-refractivity contribution in [1.29, 1.82) is 0 Å². The number of nitrogens with one attached hydrogen (secondary N) is 1. The van der Waals surface area contributed by atoms with Crippen LogP contribution in [-0.4, -0.2) is 42.7 Å². The molecule has 21 heavy (non-hydrogen) atoms. The molecule has 116 valence electrons. The average Bonchev–Trinajstić information content (AvgIpc) is 2.48. The van der Waals surface area contributed by atoms with Gasteiger partial charge in [-0.05, 0) is 37.9 Å². The van der Waals surface area contributed by atoms with E-state index >= 15 is 0 Å². The second-order valence-electron chi connectivity index (χ2n) is 5.31. The quantitative estimate of drug-likeness (QED) is 0.645. The number of nitro benzene ring substituents is 1. The van der Waals surface area contributed by atoms with E-state index in [0.717, 1.165) is 44.6 Å². The monoisotopic (exact) mass is 293 g/mol. The first-order chi connectivity index (χ1) is 10.1. The zero-order valence-electron chi connectivity index (χ0n) is 12.7. The van der Waals surface area contributed by atoms with Gasteiger partial charge in [0.25, 0.3) is 5.69 Å². The Kier molecular flexibility index (Phi) is 5.52. The van der Waals surface area contributed by atoms with Crippen LogP contribution in [0.15, 0.2) is 18.2 Å². The lowest BCUT2D eigenvalue weighted by atomic mass is 10.1. The maximum absolute atomic E-state index is 11.1. The molecule has 1 aromatic rings. The van der Waals surface area contributed by atoms with Crippen molar-refractivity contribution in [1.82, 2.24) is 4.90 Å². The largest absolute Gasteiger partial charge is 0.383 e. The summed E-state index contributed by atoms with van der Waals surface area (Å²) in [6, 6.07) is 5.39. The molecule has 1 atom stereocenters. The predicted molar refractivity (Wildman–Crippen MR) is 82.6 cm³/mol. The average molecular weight is 293 g/mol. The van der Waals surface area contributed by atoms with Gasteiger partial charge in [-0.3, -0.25) is 15.0 Å². The molecule has 6 heteroatoms. The molecular weight excluding hydrogens is 270 g/mol. The highest BCUT2D eigenvalue weighted by atomic mass is 16.6. The van der Waals surface area contributed by atoms with Gasteiger partial charge in [0.05, 0.1) is 11.0 Å². The third-order valence-electron chi connectivity index (χ3n) is 3.80. The molecule has 0 spiro atoms. The Hall–Kier alpha value is -1.66. The van der Waals surface area contributed by atoms with Crippen molar-refractivity contribution in [2.45, 2.75) is 32.4 Å². The number of piperidine rings is 1. The third kappa shape index (κ3) is 4.15. The van der Waals surface area contributed by atoms with E-state index in [1.165, 1.54) is 0 Å². The summed E-state index contributed by atoms with van der Waals surface area (Å²) in [7, 11) is 1.69. The van der Waals surface area contributed by atoms with Crippen LogP contribution >= 0.6 is 0 Å². The van der Waals surface area contributed by atoms with Crippen LogP contribution in [0.25, 0.3) is 0 Å². The SMILES string of the molecule is CCOC1CCCN(Cc2ccc(NC)c([N+](=O)[O-])c2)C1. The molecule has 1 saturated heterocycles. The smallest absolute Gasteiger partial charge is 0.292 e. The number of rotatable bonds is 6. The molecule has 1 fully saturated rings. The molecule has 0 bridgehead atoms. The minimum atomic E-state index is -0.339. The number of likely N-dealkylation sites (tertiary alicyclic amines) is 1. The van der Waals surface area contributed by atoms with E-state index < -0.39 is 0 Å². The molecule has 0 radical (unpaired) electrons. The van der Waals surface area contributed by atoms with E-state index in [4.69, 9.17) is 4.74 Å². The van der Waals surface area contributed by atoms with Crippen molar-refractivity contribution in [3.8, 4) is 0 Å². The highest BCUT2D eigenvalue weighted by molar-refractivity contribution is 5.62. The highest BCUT2D eigenvalue weighted by Crippen LogP contribution is 2.26. The normalized spacial score (nSPS) is 19.4. The maximum atomic E-state index is 11.1. The molecule has 1 unspecified atom stereocenters. The van der Waals surface area contributed by atoms with Crippen LogP contribution in [0.1, 0.15) is 25.3 Å². The first-order valence-electron chi connectivity index (χ1n) is 7.43. The maximum Gasteiger partial charge on any atom is 0.292 e. The minimum Gasteiger partial charge on any atom is -0.383 e. The van der Waals surface area contributed by atoms with Gasteiger partial charge < -0.3 is 10.1 Å². The molecule has 0 aliphatic carbocycles. The number of nitro groups is 1. The third-order valence-corrected chi connectivity index (χ3v) is 3.80. The zero-order valence-corrected chi connectivity index (χ0v) is 12.7. The van der Waals surface area contributed by atoms with E-state index in [2.05, 4.69) is 10.2 Å². The van der Waals surface area contributed by atoms with Gasteiger partial charge in [-0.15, -0.1) is 0 Å². The van der Waals surface area contributed by atoms with Crippen molar-refractivity contribution in [3.05, 3.63) is 33.9 Å². The standard InChI is InChI=1S/C15H23N3O3/c1-3-21-13-5-4-8-17(11-13)10-12-6-7-14(16-2)15(9-12)18(19)20/h6-7,9,13,16H,3-5,8,10-11H2,1-2H3. The predicted octanol–water partition coefficient (Wildman–Crippen LogP) is 2.64. The van der Waals surface area contributed by atoms with E-state index in [0.29, 0.717) is 5.69 Å². The molecule has 1 aromatic carbocycles. The fourth-order valence-electron chi connectivity index (χ4n) is 2.82. The summed E-state index contributed by atoms with van der Waals surface area (Å²) in [5.41, 5.74) is 1.65. The Balaban J connectivity index is 2.05. The van der Waals surface area contributed by atoms with Gasteiger partial charge >= 0.3 is 0 Å².